The van der Waals surface area contributed by atoms with Gasteiger partial charge in [0.2, 0.25) is 11.6 Å². The lowest BCUT2D eigenvalue weighted by atomic mass is 10.1. The van der Waals surface area contributed by atoms with E-state index in [1.54, 1.807) is 16.9 Å². The Morgan fingerprint density at radius 3 is 2.48 bits per heavy atom. The maximum absolute atomic E-state index is 13.0. The highest BCUT2D eigenvalue weighted by molar-refractivity contribution is 5.89. The Balaban J connectivity index is 1.67. The number of halogens is 2. The van der Waals surface area contributed by atoms with Gasteiger partial charge in [-0.25, -0.2) is 8.78 Å². The first kappa shape index (κ1) is 20.1. The molecule has 0 unspecified atom stereocenters. The normalized spacial score (nSPS) is 11.1. The van der Waals surface area contributed by atoms with Crippen molar-refractivity contribution in [1.29, 1.82) is 0 Å². The van der Waals surface area contributed by atoms with Gasteiger partial charge in [0.15, 0.2) is 5.82 Å². The highest BCUT2D eigenvalue weighted by Crippen LogP contribution is 2.30. The summed E-state index contributed by atoms with van der Waals surface area (Å²) in [5.74, 6) is -0.317. The van der Waals surface area contributed by atoms with E-state index in [2.05, 4.69) is 15.5 Å². The molecule has 2 heterocycles. The Labute approximate surface area is 164 Å². The van der Waals surface area contributed by atoms with Crippen LogP contribution >= 0.6 is 0 Å². The van der Waals surface area contributed by atoms with Crippen molar-refractivity contribution in [2.45, 2.75) is 33.4 Å². The average molecular weight is 404 g/mol. The van der Waals surface area contributed by atoms with Crippen LogP contribution in [0.5, 0.6) is 0 Å². The van der Waals surface area contributed by atoms with Gasteiger partial charge in [0, 0.05) is 12.3 Å². The van der Waals surface area contributed by atoms with Crippen molar-refractivity contribution >= 4 is 17.4 Å². The molecule has 9 nitrogen and oxygen atoms in total. The molecule has 0 saturated carbocycles. The molecule has 152 valence electrons. The summed E-state index contributed by atoms with van der Waals surface area (Å²) in [5, 5.41) is 21.3. The van der Waals surface area contributed by atoms with E-state index in [0.29, 0.717) is 6.54 Å². The zero-order valence-electron chi connectivity index (χ0n) is 15.7. The maximum atomic E-state index is 13.0. The molecule has 1 N–H and O–H groups in total. The lowest BCUT2D eigenvalue weighted by molar-refractivity contribution is -0.386. The number of anilines is 1. The van der Waals surface area contributed by atoms with Crippen LogP contribution in [0.3, 0.4) is 0 Å². The largest absolute Gasteiger partial charge is 0.319 e. The molecule has 29 heavy (non-hydrogen) atoms. The second-order valence-corrected chi connectivity index (χ2v) is 6.47. The molecule has 0 fully saturated rings. The van der Waals surface area contributed by atoms with Crippen molar-refractivity contribution < 1.29 is 18.5 Å². The minimum atomic E-state index is -3.11. The maximum Gasteiger partial charge on any atom is 0.319 e. The van der Waals surface area contributed by atoms with Crippen molar-refractivity contribution in [3.63, 3.8) is 0 Å². The third-order valence-corrected chi connectivity index (χ3v) is 4.26. The minimum absolute atomic E-state index is 0.120. The van der Waals surface area contributed by atoms with E-state index in [9.17, 15) is 23.7 Å². The van der Waals surface area contributed by atoms with Gasteiger partial charge in [-0.1, -0.05) is 29.8 Å². The van der Waals surface area contributed by atoms with Gasteiger partial charge in [-0.15, -0.1) is 0 Å². The van der Waals surface area contributed by atoms with Gasteiger partial charge >= 0.3 is 5.69 Å². The van der Waals surface area contributed by atoms with Crippen LogP contribution in [0.4, 0.5) is 20.3 Å². The predicted molar refractivity (Wildman–Crippen MR) is 99.7 cm³/mol. The third-order valence-electron chi connectivity index (χ3n) is 4.26. The van der Waals surface area contributed by atoms with Crippen molar-refractivity contribution in [1.82, 2.24) is 19.6 Å². The summed E-state index contributed by atoms with van der Waals surface area (Å²) in [6.45, 7) is 3.31. The van der Waals surface area contributed by atoms with Crippen LogP contribution in [-0.2, 0) is 17.9 Å². The molecule has 11 heteroatoms. The minimum Gasteiger partial charge on any atom is -0.308 e. The highest BCUT2D eigenvalue weighted by Gasteiger charge is 2.31. The molecular weight excluding hydrogens is 386 g/mol. The van der Waals surface area contributed by atoms with Gasteiger partial charge in [-0.05, 0) is 19.4 Å². The van der Waals surface area contributed by atoms with E-state index >= 15 is 0 Å². The molecule has 1 amide bonds. The summed E-state index contributed by atoms with van der Waals surface area (Å²) in [6, 6.07) is 9.52. The van der Waals surface area contributed by atoms with Crippen LogP contribution in [0, 0.1) is 24.0 Å². The Kier molecular flexibility index (Phi) is 5.66. The summed E-state index contributed by atoms with van der Waals surface area (Å²) in [5.41, 5.74) is 0.324. The van der Waals surface area contributed by atoms with Gasteiger partial charge in [0.05, 0.1) is 11.5 Å². The first-order valence-electron chi connectivity index (χ1n) is 8.63. The van der Waals surface area contributed by atoms with Crippen LogP contribution in [0.2, 0.25) is 0 Å². The number of hydrogen-bond donors (Lipinski definition) is 1. The van der Waals surface area contributed by atoms with Crippen LogP contribution in [0.15, 0.2) is 36.5 Å². The highest BCUT2D eigenvalue weighted by atomic mass is 19.3. The molecule has 3 aromatic rings. The van der Waals surface area contributed by atoms with Gasteiger partial charge in [0.1, 0.15) is 12.2 Å². The van der Waals surface area contributed by atoms with E-state index < -0.39 is 35.2 Å². The zero-order valence-corrected chi connectivity index (χ0v) is 15.7. The van der Waals surface area contributed by atoms with E-state index in [-0.39, 0.29) is 11.5 Å². The number of carbonyl (C=O) groups is 1. The fourth-order valence-corrected chi connectivity index (χ4v) is 2.80. The lowest BCUT2D eigenvalue weighted by Crippen LogP contribution is -2.21. The molecule has 0 atom stereocenters. The third kappa shape index (κ3) is 4.62. The molecule has 0 saturated heterocycles. The zero-order chi connectivity index (χ0) is 21.1. The van der Waals surface area contributed by atoms with Crippen LogP contribution in [-0.4, -0.2) is 30.4 Å². The van der Waals surface area contributed by atoms with Crippen molar-refractivity contribution in [3.05, 3.63) is 69.2 Å². The number of aryl methyl sites for hydroxylation is 1. The average Bonchev–Trinajstić information content (AvgIpc) is 3.21. The Morgan fingerprint density at radius 1 is 1.21 bits per heavy atom. The molecule has 0 radical (unpaired) electrons. The number of nitrogens with one attached hydrogen (secondary N) is 1. The number of rotatable bonds is 7. The summed E-state index contributed by atoms with van der Waals surface area (Å²) in [4.78, 5) is 22.3. The molecule has 1 aromatic carbocycles. The molecule has 0 aliphatic carbocycles. The first-order chi connectivity index (χ1) is 13.7. The van der Waals surface area contributed by atoms with Crippen LogP contribution in [0.25, 0.3) is 0 Å². The SMILES string of the molecule is Cc1ccc(Cn2ccc(NC(=O)Cn3nc(C(F)F)c([N+](=O)[O-])c3C)n2)cc1. The smallest absolute Gasteiger partial charge is 0.308 e. The van der Waals surface area contributed by atoms with Gasteiger partial charge in [-0.3, -0.25) is 24.3 Å². The molecular formula is C18H18F2N6O3. The molecule has 2 aromatic heterocycles. The summed E-state index contributed by atoms with van der Waals surface area (Å²) in [7, 11) is 0. The summed E-state index contributed by atoms with van der Waals surface area (Å²) in [6.07, 6.45) is -1.43. The number of carbonyl (C=O) groups excluding carboxylic acids is 1. The molecule has 0 spiro atoms. The Morgan fingerprint density at radius 2 is 1.90 bits per heavy atom. The quantitative estimate of drug-likeness (QED) is 0.480. The first-order valence-corrected chi connectivity index (χ1v) is 8.63. The van der Waals surface area contributed by atoms with E-state index in [4.69, 9.17) is 0 Å². The lowest BCUT2D eigenvalue weighted by Gasteiger charge is -2.05. The number of nitro groups is 1. The number of hydrogen-bond acceptors (Lipinski definition) is 5. The number of aromatic nitrogens is 4. The second kappa shape index (κ2) is 8.17. The topological polar surface area (TPSA) is 108 Å². The van der Waals surface area contributed by atoms with Gasteiger partial charge in [-0.2, -0.15) is 10.2 Å². The summed E-state index contributed by atoms with van der Waals surface area (Å²) < 4.78 is 28.5. The molecule has 0 bridgehead atoms. The van der Waals surface area contributed by atoms with Crippen molar-refractivity contribution in [3.8, 4) is 0 Å². The fraction of sp³-hybridized carbons (Fsp3) is 0.278. The van der Waals surface area contributed by atoms with Gasteiger partial charge in [0.25, 0.3) is 6.43 Å². The number of amides is 1. The van der Waals surface area contributed by atoms with Gasteiger partial charge < -0.3 is 5.32 Å². The second-order valence-electron chi connectivity index (χ2n) is 6.47. The molecule has 0 aliphatic rings. The molecule has 3 rings (SSSR count). The number of benzene rings is 1. The monoisotopic (exact) mass is 404 g/mol. The van der Waals surface area contributed by atoms with E-state index in [0.717, 1.165) is 15.8 Å². The Hall–Kier alpha value is -3.63. The summed E-state index contributed by atoms with van der Waals surface area (Å²) >= 11 is 0. The number of nitrogens with zero attached hydrogens (tertiary/aromatic N) is 5. The standard InChI is InChI=1S/C18H18F2N6O3/c1-11-3-5-13(6-4-11)9-24-8-7-14(22-24)21-15(27)10-25-12(2)17(26(28)29)16(23-25)18(19)20/h3-8,18H,9-10H2,1-2H3,(H,21,22,27). The Bertz CT molecular complexity index is 1040. The van der Waals surface area contributed by atoms with Crippen molar-refractivity contribution in [2.24, 2.45) is 0 Å². The van der Waals surface area contributed by atoms with E-state index in [1.165, 1.54) is 6.92 Å². The van der Waals surface area contributed by atoms with Crippen LogP contribution in [0.1, 0.15) is 28.9 Å². The van der Waals surface area contributed by atoms with Crippen molar-refractivity contribution in [2.75, 3.05) is 5.32 Å². The predicted octanol–water partition coefficient (Wildman–Crippen LogP) is 3.23. The molecule has 0 aliphatic heterocycles. The van der Waals surface area contributed by atoms with E-state index in [1.807, 2.05) is 31.2 Å². The van der Waals surface area contributed by atoms with Crippen LogP contribution < -0.4 is 5.32 Å². The fourth-order valence-electron chi connectivity index (χ4n) is 2.80. The number of alkyl halides is 2.